The highest BCUT2D eigenvalue weighted by atomic mass is 35.5. The third kappa shape index (κ3) is 2.81. The minimum Gasteiger partial charge on any atom is -0.496 e. The van der Waals surface area contributed by atoms with Crippen LogP contribution in [0.25, 0.3) is 0 Å². The summed E-state index contributed by atoms with van der Waals surface area (Å²) in [6.45, 7) is 3.94. The predicted octanol–water partition coefficient (Wildman–Crippen LogP) is 4.64. The maximum Gasteiger partial charge on any atom is 0.235 e. The van der Waals surface area contributed by atoms with E-state index in [1.165, 1.54) is 0 Å². The van der Waals surface area contributed by atoms with E-state index in [0.717, 1.165) is 35.3 Å². The average molecular weight is 330 g/mol. The number of hydrogen-bond acceptors (Lipinski definition) is 2. The Morgan fingerprint density at radius 1 is 1.22 bits per heavy atom. The summed E-state index contributed by atoms with van der Waals surface area (Å²) in [5, 5.41) is 3.61. The Balaban J connectivity index is 1.92. The van der Waals surface area contributed by atoms with Crippen molar-refractivity contribution in [2.75, 3.05) is 12.4 Å². The maximum absolute atomic E-state index is 12.9. The summed E-state index contributed by atoms with van der Waals surface area (Å²) in [6, 6.07) is 11.6. The van der Waals surface area contributed by atoms with Crippen LogP contribution in [-0.4, -0.2) is 13.0 Å². The standard InChI is InChI=1S/C19H20ClNO2/c1-12-10-13(2)17(15(20)11-12)21-18(22)19(8-9-19)14-6-4-5-7-16(14)23-3/h4-7,10-11H,8-9H2,1-3H3,(H,21,22). The van der Waals surface area contributed by atoms with E-state index in [4.69, 9.17) is 16.3 Å². The molecular weight excluding hydrogens is 310 g/mol. The Hall–Kier alpha value is -2.00. The zero-order valence-electron chi connectivity index (χ0n) is 13.6. The zero-order valence-corrected chi connectivity index (χ0v) is 14.3. The number of para-hydroxylation sites is 1. The van der Waals surface area contributed by atoms with Gasteiger partial charge in [0.2, 0.25) is 5.91 Å². The molecule has 0 radical (unpaired) electrons. The molecule has 0 atom stereocenters. The average Bonchev–Trinajstić information content (AvgIpc) is 3.32. The first-order chi connectivity index (χ1) is 11.0. The number of benzene rings is 2. The Kier molecular flexibility index (Phi) is 4.07. The molecule has 1 aliphatic carbocycles. The van der Waals surface area contributed by atoms with Gasteiger partial charge in [-0.15, -0.1) is 0 Å². The van der Waals surface area contributed by atoms with Gasteiger partial charge in [-0.2, -0.15) is 0 Å². The van der Waals surface area contributed by atoms with Gasteiger partial charge in [-0.05, 0) is 49.9 Å². The predicted molar refractivity (Wildman–Crippen MR) is 93.5 cm³/mol. The second-order valence-corrected chi connectivity index (χ2v) is 6.58. The molecule has 23 heavy (non-hydrogen) atoms. The summed E-state index contributed by atoms with van der Waals surface area (Å²) in [5.74, 6) is 0.739. The largest absolute Gasteiger partial charge is 0.496 e. The van der Waals surface area contributed by atoms with Crippen molar-refractivity contribution < 1.29 is 9.53 Å². The van der Waals surface area contributed by atoms with Crippen LogP contribution in [0.1, 0.15) is 29.5 Å². The van der Waals surface area contributed by atoms with Gasteiger partial charge in [0.05, 0.1) is 23.2 Å². The zero-order chi connectivity index (χ0) is 16.6. The Labute approximate surface area is 141 Å². The first-order valence-corrected chi connectivity index (χ1v) is 8.07. The van der Waals surface area contributed by atoms with Gasteiger partial charge in [0.1, 0.15) is 5.75 Å². The Morgan fingerprint density at radius 3 is 2.52 bits per heavy atom. The second kappa shape index (κ2) is 5.89. The summed E-state index contributed by atoms with van der Waals surface area (Å²) >= 11 is 6.31. The van der Waals surface area contributed by atoms with E-state index in [1.54, 1.807) is 7.11 Å². The number of nitrogens with one attached hydrogen (secondary N) is 1. The second-order valence-electron chi connectivity index (χ2n) is 6.18. The van der Waals surface area contributed by atoms with Crippen LogP contribution < -0.4 is 10.1 Å². The van der Waals surface area contributed by atoms with Crippen molar-refractivity contribution in [1.82, 2.24) is 0 Å². The molecule has 2 aromatic rings. The van der Waals surface area contributed by atoms with Crippen LogP contribution in [-0.2, 0) is 10.2 Å². The number of carbonyl (C=O) groups excluding carboxylic acids is 1. The molecule has 3 rings (SSSR count). The van der Waals surface area contributed by atoms with Crippen molar-refractivity contribution in [3.05, 3.63) is 58.1 Å². The maximum atomic E-state index is 12.9. The van der Waals surface area contributed by atoms with Crippen LogP contribution in [0.4, 0.5) is 5.69 Å². The fourth-order valence-corrected chi connectivity index (χ4v) is 3.46. The van der Waals surface area contributed by atoms with Gasteiger partial charge in [-0.3, -0.25) is 4.79 Å². The minimum absolute atomic E-state index is 0.0177. The van der Waals surface area contributed by atoms with Gasteiger partial charge in [-0.25, -0.2) is 0 Å². The van der Waals surface area contributed by atoms with Gasteiger partial charge in [-0.1, -0.05) is 35.9 Å². The van der Waals surface area contributed by atoms with E-state index in [0.29, 0.717) is 10.7 Å². The Morgan fingerprint density at radius 2 is 1.91 bits per heavy atom. The minimum atomic E-state index is -0.507. The van der Waals surface area contributed by atoms with Gasteiger partial charge < -0.3 is 10.1 Å². The van der Waals surface area contributed by atoms with Crippen molar-refractivity contribution in [3.8, 4) is 5.75 Å². The lowest BCUT2D eigenvalue weighted by Gasteiger charge is -2.20. The summed E-state index contributed by atoms with van der Waals surface area (Å²) in [4.78, 5) is 12.9. The third-order valence-electron chi connectivity index (χ3n) is 4.48. The van der Waals surface area contributed by atoms with Gasteiger partial charge in [0.25, 0.3) is 0 Å². The molecular formula is C19H20ClNO2. The van der Waals surface area contributed by atoms with Crippen molar-refractivity contribution in [1.29, 1.82) is 0 Å². The molecule has 0 aliphatic heterocycles. The number of ether oxygens (including phenoxy) is 1. The van der Waals surface area contributed by atoms with E-state index in [1.807, 2.05) is 50.2 Å². The molecule has 0 unspecified atom stereocenters. The van der Waals surface area contributed by atoms with Crippen LogP contribution in [0.15, 0.2) is 36.4 Å². The first kappa shape index (κ1) is 15.9. The molecule has 1 fully saturated rings. The number of hydrogen-bond donors (Lipinski definition) is 1. The topological polar surface area (TPSA) is 38.3 Å². The first-order valence-electron chi connectivity index (χ1n) is 7.69. The van der Waals surface area contributed by atoms with Crippen molar-refractivity contribution in [2.45, 2.75) is 32.1 Å². The molecule has 120 valence electrons. The van der Waals surface area contributed by atoms with E-state index < -0.39 is 5.41 Å². The van der Waals surface area contributed by atoms with Crippen molar-refractivity contribution in [3.63, 3.8) is 0 Å². The van der Waals surface area contributed by atoms with Crippen LogP contribution in [0.3, 0.4) is 0 Å². The highest BCUT2D eigenvalue weighted by Crippen LogP contribution is 2.52. The van der Waals surface area contributed by atoms with E-state index in [-0.39, 0.29) is 5.91 Å². The molecule has 0 spiro atoms. The smallest absolute Gasteiger partial charge is 0.235 e. The molecule has 0 aromatic heterocycles. The van der Waals surface area contributed by atoms with Gasteiger partial charge >= 0.3 is 0 Å². The molecule has 1 saturated carbocycles. The summed E-state index contributed by atoms with van der Waals surface area (Å²) in [6.07, 6.45) is 1.64. The molecule has 1 N–H and O–H groups in total. The van der Waals surface area contributed by atoms with Gasteiger partial charge in [0, 0.05) is 5.56 Å². The highest BCUT2D eigenvalue weighted by Gasteiger charge is 2.53. The van der Waals surface area contributed by atoms with Crippen LogP contribution in [0, 0.1) is 13.8 Å². The number of carbonyl (C=O) groups is 1. The van der Waals surface area contributed by atoms with Crippen LogP contribution in [0.5, 0.6) is 5.75 Å². The van der Waals surface area contributed by atoms with E-state index in [9.17, 15) is 4.79 Å². The molecule has 4 heteroatoms. The summed E-state index contributed by atoms with van der Waals surface area (Å²) in [7, 11) is 1.63. The molecule has 0 bridgehead atoms. The van der Waals surface area contributed by atoms with Crippen LogP contribution >= 0.6 is 11.6 Å². The monoisotopic (exact) mass is 329 g/mol. The third-order valence-corrected chi connectivity index (χ3v) is 4.78. The van der Waals surface area contributed by atoms with E-state index in [2.05, 4.69) is 5.32 Å². The number of halogens is 1. The number of anilines is 1. The lowest BCUT2D eigenvalue weighted by atomic mass is 9.93. The summed E-state index contributed by atoms with van der Waals surface area (Å²) in [5.41, 5.74) is 3.19. The quantitative estimate of drug-likeness (QED) is 0.887. The van der Waals surface area contributed by atoms with Crippen LogP contribution in [0.2, 0.25) is 5.02 Å². The van der Waals surface area contributed by atoms with Gasteiger partial charge in [0.15, 0.2) is 0 Å². The number of methoxy groups -OCH3 is 1. The fourth-order valence-electron chi connectivity index (χ4n) is 3.09. The Bertz CT molecular complexity index is 743. The summed E-state index contributed by atoms with van der Waals surface area (Å²) < 4.78 is 5.43. The number of amides is 1. The molecule has 3 nitrogen and oxygen atoms in total. The van der Waals surface area contributed by atoms with Crippen molar-refractivity contribution >= 4 is 23.2 Å². The highest BCUT2D eigenvalue weighted by molar-refractivity contribution is 6.34. The van der Waals surface area contributed by atoms with Crippen molar-refractivity contribution in [2.24, 2.45) is 0 Å². The molecule has 1 amide bonds. The molecule has 0 heterocycles. The lowest BCUT2D eigenvalue weighted by molar-refractivity contribution is -0.118. The SMILES string of the molecule is COc1ccccc1C1(C(=O)Nc2c(C)cc(C)cc2Cl)CC1. The number of rotatable bonds is 4. The fraction of sp³-hybridized carbons (Fsp3) is 0.316. The van der Waals surface area contributed by atoms with E-state index >= 15 is 0 Å². The number of aryl methyl sites for hydroxylation is 2. The lowest BCUT2D eigenvalue weighted by Crippen LogP contribution is -2.28. The normalized spacial score (nSPS) is 15.1. The molecule has 2 aromatic carbocycles. The molecule has 0 saturated heterocycles. The molecule has 1 aliphatic rings.